The largest absolute Gasteiger partial charge is 0.454 e. The van der Waals surface area contributed by atoms with Gasteiger partial charge >= 0.3 is 12.2 Å². The molecule has 3 N–H and O–H groups in total. The normalized spacial score (nSPS) is 18.0. The molecule has 0 spiro atoms. The first-order chi connectivity index (χ1) is 14.2. The Bertz CT molecular complexity index is 1070. The second-order valence-electron chi connectivity index (χ2n) is 6.72. The van der Waals surface area contributed by atoms with E-state index in [0.29, 0.717) is 17.1 Å². The molecule has 0 radical (unpaired) electrons. The number of ether oxygens (including phenoxy) is 2. The molecule has 10 heteroatoms. The Balaban J connectivity index is 1.65. The zero-order valence-electron chi connectivity index (χ0n) is 15.6. The van der Waals surface area contributed by atoms with Crippen molar-refractivity contribution in [2.24, 2.45) is 0 Å². The van der Waals surface area contributed by atoms with Crippen LogP contribution in [0.1, 0.15) is 24.1 Å². The van der Waals surface area contributed by atoms with Crippen LogP contribution in [0.2, 0.25) is 0 Å². The van der Waals surface area contributed by atoms with Crippen molar-refractivity contribution in [3.63, 3.8) is 0 Å². The number of allylic oxidation sites excluding steroid dienone is 1. The number of carbonyl (C=O) groups is 2. The highest BCUT2D eigenvalue weighted by Crippen LogP contribution is 2.37. The van der Waals surface area contributed by atoms with Gasteiger partial charge in [-0.25, -0.2) is 4.79 Å². The first-order valence-electron chi connectivity index (χ1n) is 8.89. The minimum Gasteiger partial charge on any atom is -0.454 e. The maximum atomic E-state index is 13.0. The smallest absolute Gasteiger partial charge is 0.416 e. The summed E-state index contributed by atoms with van der Waals surface area (Å²) in [5.74, 6) is 0.354. The highest BCUT2D eigenvalue weighted by molar-refractivity contribution is 6.06. The Morgan fingerprint density at radius 2 is 1.90 bits per heavy atom. The number of hydrogen-bond acceptors (Lipinski definition) is 4. The fraction of sp³-hybridized carbons (Fsp3) is 0.200. The Morgan fingerprint density at radius 3 is 2.67 bits per heavy atom. The van der Waals surface area contributed by atoms with E-state index in [4.69, 9.17) is 9.47 Å². The Labute approximate surface area is 168 Å². The SMILES string of the molecule is CC1=C(C(=O)Nc2cccc(C(F)(F)F)c2)C(c2ccc3c(c2)OCO3)NC(=O)N1. The molecule has 2 aliphatic heterocycles. The molecule has 2 aromatic carbocycles. The van der Waals surface area contributed by atoms with E-state index < -0.39 is 29.7 Å². The predicted octanol–water partition coefficient (Wildman–Crippen LogP) is 3.70. The van der Waals surface area contributed by atoms with E-state index in [-0.39, 0.29) is 23.8 Å². The van der Waals surface area contributed by atoms with Gasteiger partial charge in [-0.3, -0.25) is 4.79 Å². The molecule has 156 valence electrons. The van der Waals surface area contributed by atoms with Crippen molar-refractivity contribution in [2.75, 3.05) is 12.1 Å². The van der Waals surface area contributed by atoms with Gasteiger partial charge in [-0.2, -0.15) is 13.2 Å². The van der Waals surface area contributed by atoms with Crippen molar-refractivity contribution in [3.8, 4) is 11.5 Å². The summed E-state index contributed by atoms with van der Waals surface area (Å²) in [6, 6.07) is 7.95. The number of halogens is 3. The highest BCUT2D eigenvalue weighted by atomic mass is 19.4. The van der Waals surface area contributed by atoms with Gasteiger partial charge in [0.05, 0.1) is 17.2 Å². The van der Waals surface area contributed by atoms with Crippen molar-refractivity contribution in [1.82, 2.24) is 10.6 Å². The zero-order valence-corrected chi connectivity index (χ0v) is 15.6. The second-order valence-corrected chi connectivity index (χ2v) is 6.72. The maximum absolute atomic E-state index is 13.0. The third kappa shape index (κ3) is 3.76. The molecule has 0 fully saturated rings. The summed E-state index contributed by atoms with van der Waals surface area (Å²) in [6.45, 7) is 1.61. The number of hydrogen-bond donors (Lipinski definition) is 3. The van der Waals surface area contributed by atoms with Gasteiger partial charge in [-0.1, -0.05) is 12.1 Å². The van der Waals surface area contributed by atoms with Crippen LogP contribution in [0.15, 0.2) is 53.7 Å². The number of amides is 3. The van der Waals surface area contributed by atoms with Crippen LogP contribution in [0.4, 0.5) is 23.7 Å². The summed E-state index contributed by atoms with van der Waals surface area (Å²) in [5, 5.41) is 7.66. The molecule has 3 amide bonds. The molecular weight excluding hydrogens is 403 g/mol. The molecule has 0 aromatic heterocycles. The van der Waals surface area contributed by atoms with Gasteiger partial charge in [0, 0.05) is 11.4 Å². The first kappa shape index (κ1) is 19.6. The zero-order chi connectivity index (χ0) is 21.5. The molecule has 0 saturated carbocycles. The highest BCUT2D eigenvalue weighted by Gasteiger charge is 2.33. The lowest BCUT2D eigenvalue weighted by Crippen LogP contribution is -2.45. The Hall–Kier alpha value is -3.69. The van der Waals surface area contributed by atoms with Crippen LogP contribution in [-0.4, -0.2) is 18.7 Å². The van der Waals surface area contributed by atoms with E-state index in [9.17, 15) is 22.8 Å². The van der Waals surface area contributed by atoms with Crippen LogP contribution in [0, 0.1) is 0 Å². The van der Waals surface area contributed by atoms with Gasteiger partial charge in [0.1, 0.15) is 0 Å². The fourth-order valence-corrected chi connectivity index (χ4v) is 3.31. The standard InChI is InChI=1S/C20H16F3N3O4/c1-10-16(18(27)25-13-4-2-3-12(8-13)20(21,22)23)17(26-19(28)24-10)11-5-6-14-15(7-11)30-9-29-14/h2-8,17H,9H2,1H3,(H,25,27)(H2,24,26,28). The summed E-state index contributed by atoms with van der Waals surface area (Å²) in [4.78, 5) is 25.0. The van der Waals surface area contributed by atoms with Gasteiger partial charge < -0.3 is 25.4 Å². The first-order valence-corrected chi connectivity index (χ1v) is 8.89. The summed E-state index contributed by atoms with van der Waals surface area (Å²) in [5.41, 5.74) is 0.101. The van der Waals surface area contributed by atoms with Gasteiger partial charge in [-0.05, 0) is 42.8 Å². The number of benzene rings is 2. The second kappa shape index (κ2) is 7.29. The topological polar surface area (TPSA) is 88.7 Å². The van der Waals surface area contributed by atoms with Gasteiger partial charge in [0.2, 0.25) is 6.79 Å². The molecule has 0 saturated heterocycles. The minimum atomic E-state index is -4.54. The number of nitrogens with one attached hydrogen (secondary N) is 3. The summed E-state index contributed by atoms with van der Waals surface area (Å²) >= 11 is 0. The van der Waals surface area contributed by atoms with Crippen LogP contribution in [0.5, 0.6) is 11.5 Å². The molecule has 2 aliphatic rings. The number of fused-ring (bicyclic) bond motifs is 1. The third-order valence-electron chi connectivity index (χ3n) is 4.69. The molecule has 7 nitrogen and oxygen atoms in total. The van der Waals surface area contributed by atoms with Gasteiger partial charge in [0.25, 0.3) is 5.91 Å². The predicted molar refractivity (Wildman–Crippen MR) is 99.7 cm³/mol. The fourth-order valence-electron chi connectivity index (χ4n) is 3.31. The number of anilines is 1. The number of carbonyl (C=O) groups excluding carboxylic acids is 2. The molecule has 1 unspecified atom stereocenters. The third-order valence-corrected chi connectivity index (χ3v) is 4.69. The lowest BCUT2D eigenvalue weighted by Gasteiger charge is -2.28. The van der Waals surface area contributed by atoms with Crippen molar-refractivity contribution in [3.05, 3.63) is 64.9 Å². The van der Waals surface area contributed by atoms with Crippen molar-refractivity contribution < 1.29 is 32.2 Å². The molecular formula is C20H16F3N3O4. The molecule has 2 heterocycles. The Kier molecular flexibility index (Phi) is 4.76. The van der Waals surface area contributed by atoms with Gasteiger partial charge in [0.15, 0.2) is 11.5 Å². The van der Waals surface area contributed by atoms with Crippen LogP contribution in [0.3, 0.4) is 0 Å². The van der Waals surface area contributed by atoms with Crippen LogP contribution >= 0.6 is 0 Å². The van der Waals surface area contributed by atoms with E-state index in [2.05, 4.69) is 16.0 Å². The lowest BCUT2D eigenvalue weighted by molar-refractivity contribution is -0.137. The lowest BCUT2D eigenvalue weighted by atomic mass is 9.94. The van der Waals surface area contributed by atoms with Crippen LogP contribution < -0.4 is 25.4 Å². The molecule has 0 aliphatic carbocycles. The summed E-state index contributed by atoms with van der Waals surface area (Å²) in [6.07, 6.45) is -4.54. The van der Waals surface area contributed by atoms with E-state index in [1.807, 2.05) is 0 Å². The molecule has 0 bridgehead atoms. The molecule has 30 heavy (non-hydrogen) atoms. The Morgan fingerprint density at radius 1 is 1.13 bits per heavy atom. The molecule has 1 atom stereocenters. The number of rotatable bonds is 3. The van der Waals surface area contributed by atoms with Crippen LogP contribution in [0.25, 0.3) is 0 Å². The van der Waals surface area contributed by atoms with Gasteiger partial charge in [-0.15, -0.1) is 0 Å². The van der Waals surface area contributed by atoms with E-state index in [1.165, 1.54) is 12.1 Å². The average molecular weight is 419 g/mol. The van der Waals surface area contributed by atoms with Crippen LogP contribution in [-0.2, 0) is 11.0 Å². The quantitative estimate of drug-likeness (QED) is 0.708. The number of urea groups is 1. The molecule has 2 aromatic rings. The van der Waals surface area contributed by atoms with E-state index >= 15 is 0 Å². The molecule has 4 rings (SSSR count). The summed E-state index contributed by atoms with van der Waals surface area (Å²) in [7, 11) is 0. The maximum Gasteiger partial charge on any atom is 0.416 e. The number of alkyl halides is 3. The van der Waals surface area contributed by atoms with Crippen molar-refractivity contribution in [1.29, 1.82) is 0 Å². The monoisotopic (exact) mass is 419 g/mol. The summed E-state index contributed by atoms with van der Waals surface area (Å²) < 4.78 is 49.5. The average Bonchev–Trinajstić information content (AvgIpc) is 3.14. The van der Waals surface area contributed by atoms with Crippen molar-refractivity contribution in [2.45, 2.75) is 19.1 Å². The van der Waals surface area contributed by atoms with Crippen molar-refractivity contribution >= 4 is 17.6 Å². The van der Waals surface area contributed by atoms with E-state index in [0.717, 1.165) is 12.1 Å². The van der Waals surface area contributed by atoms with E-state index in [1.54, 1.807) is 25.1 Å². The minimum absolute atomic E-state index is 0.0172.